The van der Waals surface area contributed by atoms with Gasteiger partial charge in [-0.1, -0.05) is 32.0 Å². The third-order valence-corrected chi connectivity index (χ3v) is 7.04. The van der Waals surface area contributed by atoms with Crippen molar-refractivity contribution in [3.63, 3.8) is 0 Å². The number of hydrogen-bond acceptors (Lipinski definition) is 4. The van der Waals surface area contributed by atoms with E-state index in [0.717, 1.165) is 6.26 Å². The van der Waals surface area contributed by atoms with Crippen LogP contribution in [0.2, 0.25) is 0 Å². The van der Waals surface area contributed by atoms with E-state index in [1.807, 2.05) is 0 Å². The number of aromatic nitrogens is 1. The molecular formula is C24H25F3N2O4S. The second kappa shape index (κ2) is 8.64. The highest BCUT2D eigenvalue weighted by Gasteiger charge is 2.56. The predicted octanol–water partition coefficient (Wildman–Crippen LogP) is 5.33. The molecule has 34 heavy (non-hydrogen) atoms. The normalized spacial score (nSPS) is 14.6. The molecule has 182 valence electrons. The number of aliphatic hydroxyl groups is 1. The fraction of sp³-hybridized carbons (Fsp3) is 0.375. The maximum absolute atomic E-state index is 14.3. The maximum atomic E-state index is 14.3. The minimum Gasteiger partial charge on any atom is -0.496 e. The Hall–Kier alpha value is -3.03. The molecule has 0 aliphatic carbocycles. The molecule has 0 radical (unpaired) electrons. The molecule has 2 N–H and O–H groups in total. The van der Waals surface area contributed by atoms with Crippen LogP contribution >= 0.6 is 0 Å². The van der Waals surface area contributed by atoms with E-state index in [1.165, 1.54) is 39.2 Å². The van der Waals surface area contributed by atoms with Gasteiger partial charge in [-0.3, -0.25) is 0 Å². The quantitative estimate of drug-likeness (QED) is 0.435. The number of alkyl halides is 3. The van der Waals surface area contributed by atoms with E-state index < -0.39 is 39.9 Å². The summed E-state index contributed by atoms with van der Waals surface area (Å²) in [7, 11) is -2.30. The Kier molecular flexibility index (Phi) is 6.50. The van der Waals surface area contributed by atoms with Crippen molar-refractivity contribution < 1.29 is 31.4 Å². The maximum Gasteiger partial charge on any atom is 0.417 e. The van der Waals surface area contributed by atoms with Crippen LogP contribution in [-0.2, 0) is 21.7 Å². The molecule has 0 spiro atoms. The first-order valence-electron chi connectivity index (χ1n) is 10.3. The van der Waals surface area contributed by atoms with Gasteiger partial charge in [0.15, 0.2) is 15.4 Å². The smallest absolute Gasteiger partial charge is 0.417 e. The molecule has 0 amide bonds. The number of nitrogens with one attached hydrogen (secondary N) is 1. The van der Waals surface area contributed by atoms with E-state index in [-0.39, 0.29) is 27.6 Å². The summed E-state index contributed by atoms with van der Waals surface area (Å²) in [5.41, 5.74) is -3.88. The van der Waals surface area contributed by atoms with Crippen molar-refractivity contribution in [3.05, 3.63) is 65.1 Å². The molecule has 0 fully saturated rings. The van der Waals surface area contributed by atoms with Gasteiger partial charge in [0.25, 0.3) is 0 Å². The first-order chi connectivity index (χ1) is 15.6. The molecule has 2 aromatic carbocycles. The number of hydrogen-bond donors (Lipinski definition) is 2. The van der Waals surface area contributed by atoms with Gasteiger partial charge in [-0.25, -0.2) is 13.3 Å². The van der Waals surface area contributed by atoms with Gasteiger partial charge in [0.05, 0.1) is 18.6 Å². The molecule has 3 rings (SSSR count). The Labute approximate surface area is 196 Å². The summed E-state index contributed by atoms with van der Waals surface area (Å²) in [5, 5.41) is 11.5. The topological polar surface area (TPSA) is 83.8 Å². The molecule has 0 saturated carbocycles. The Morgan fingerprint density at radius 3 is 2.35 bits per heavy atom. The lowest BCUT2D eigenvalue weighted by molar-refractivity contribution is -0.266. The number of para-hydroxylation sites is 1. The minimum atomic E-state index is -5.04. The highest BCUT2D eigenvalue weighted by molar-refractivity contribution is 7.90. The summed E-state index contributed by atoms with van der Waals surface area (Å²) >= 11 is 0. The molecule has 3 aromatic rings. The predicted molar refractivity (Wildman–Crippen MR) is 123 cm³/mol. The van der Waals surface area contributed by atoms with E-state index in [4.69, 9.17) is 11.3 Å². The summed E-state index contributed by atoms with van der Waals surface area (Å²) in [6.07, 6.45) is -5.72. The molecule has 1 aromatic heterocycles. The van der Waals surface area contributed by atoms with Crippen molar-refractivity contribution in [1.29, 1.82) is 0 Å². The molecule has 0 bridgehead atoms. The summed E-state index contributed by atoms with van der Waals surface area (Å²) in [4.78, 5) is 6.17. The number of H-pyrrole nitrogens is 1. The van der Waals surface area contributed by atoms with Crippen LogP contribution in [0, 0.1) is 6.57 Å². The zero-order valence-electron chi connectivity index (χ0n) is 19.1. The number of benzene rings is 2. The third-order valence-electron chi connectivity index (χ3n) is 5.92. The summed E-state index contributed by atoms with van der Waals surface area (Å²) in [5.74, 6) is 0.203. The highest BCUT2D eigenvalue weighted by atomic mass is 32.2. The lowest BCUT2D eigenvalue weighted by Crippen LogP contribution is -2.51. The molecule has 1 atom stereocenters. The molecule has 1 heterocycles. The summed E-state index contributed by atoms with van der Waals surface area (Å²) in [6.45, 7) is 10.4. The van der Waals surface area contributed by atoms with E-state index in [1.54, 1.807) is 24.3 Å². The highest BCUT2D eigenvalue weighted by Crippen LogP contribution is 2.46. The van der Waals surface area contributed by atoms with Crippen molar-refractivity contribution in [2.24, 2.45) is 0 Å². The van der Waals surface area contributed by atoms with Gasteiger partial charge >= 0.3 is 6.18 Å². The average Bonchev–Trinajstić information content (AvgIpc) is 3.07. The SMILES string of the molecule is [C-]#[N+]c1c(CC(O)(CC(C)(C)c2cc(S(C)(=O)=O)ccc2OC)C(F)(F)F)[nH]c2ccccc12. The molecule has 6 nitrogen and oxygen atoms in total. The second-order valence-corrected chi connectivity index (χ2v) is 11.0. The van der Waals surface area contributed by atoms with Crippen LogP contribution in [0.3, 0.4) is 0 Å². The van der Waals surface area contributed by atoms with Gasteiger partial charge in [0, 0.05) is 34.8 Å². The standard InChI is InChI=1S/C24H25F3N2O4S/c1-22(2,17-12-15(34(5,31)32)10-11-20(17)33-4)14-23(30,24(25,26)27)13-19-21(28-3)16-8-6-7-9-18(16)29-19/h6-12,29-30H,13-14H2,1-2,4-5H3. The van der Waals surface area contributed by atoms with Gasteiger partial charge in [-0.05, 0) is 36.1 Å². The van der Waals surface area contributed by atoms with E-state index >= 15 is 0 Å². The lowest BCUT2D eigenvalue weighted by atomic mass is 9.73. The van der Waals surface area contributed by atoms with Gasteiger partial charge in [-0.15, -0.1) is 0 Å². The zero-order valence-corrected chi connectivity index (χ0v) is 19.9. The van der Waals surface area contributed by atoms with Crippen molar-refractivity contribution in [2.75, 3.05) is 13.4 Å². The number of nitrogens with zero attached hydrogens (tertiary/aromatic N) is 1. The summed E-state index contributed by atoms with van der Waals surface area (Å²) < 4.78 is 72.3. The fourth-order valence-electron chi connectivity index (χ4n) is 4.27. The van der Waals surface area contributed by atoms with Crippen LogP contribution in [0.5, 0.6) is 5.75 Å². The minimum absolute atomic E-state index is 0.0211. The van der Waals surface area contributed by atoms with Crippen LogP contribution in [0.15, 0.2) is 47.4 Å². The number of sulfone groups is 1. The Bertz CT molecular complexity index is 1370. The van der Waals surface area contributed by atoms with Crippen molar-refractivity contribution in [1.82, 2.24) is 4.98 Å². The van der Waals surface area contributed by atoms with Crippen LogP contribution in [0.25, 0.3) is 15.7 Å². The summed E-state index contributed by atoms with van der Waals surface area (Å²) in [6, 6.07) is 10.6. The van der Waals surface area contributed by atoms with Crippen LogP contribution in [0.4, 0.5) is 18.9 Å². The third kappa shape index (κ3) is 4.76. The Balaban J connectivity index is 2.11. The number of aromatic amines is 1. The first-order valence-corrected chi connectivity index (χ1v) is 12.2. The molecule has 0 aliphatic heterocycles. The number of fused-ring (bicyclic) bond motifs is 1. The van der Waals surface area contributed by atoms with E-state index in [9.17, 15) is 26.7 Å². The van der Waals surface area contributed by atoms with Crippen LogP contribution < -0.4 is 4.74 Å². The Morgan fingerprint density at radius 1 is 1.15 bits per heavy atom. The molecular weight excluding hydrogens is 469 g/mol. The number of rotatable bonds is 7. The largest absolute Gasteiger partial charge is 0.496 e. The van der Waals surface area contributed by atoms with Crippen molar-refractivity contribution >= 4 is 26.4 Å². The van der Waals surface area contributed by atoms with Gasteiger partial charge in [0.1, 0.15) is 5.75 Å². The van der Waals surface area contributed by atoms with Gasteiger partial charge in [0.2, 0.25) is 5.69 Å². The van der Waals surface area contributed by atoms with Crippen LogP contribution in [-0.4, -0.2) is 43.7 Å². The monoisotopic (exact) mass is 494 g/mol. The lowest BCUT2D eigenvalue weighted by Gasteiger charge is -2.38. The fourth-order valence-corrected chi connectivity index (χ4v) is 4.91. The molecule has 10 heteroatoms. The van der Waals surface area contributed by atoms with Crippen molar-refractivity contribution in [3.8, 4) is 5.75 Å². The van der Waals surface area contributed by atoms with E-state index in [0.29, 0.717) is 10.9 Å². The van der Waals surface area contributed by atoms with E-state index in [2.05, 4.69) is 9.83 Å². The number of halogens is 3. The second-order valence-electron chi connectivity index (χ2n) is 9.01. The molecule has 1 unspecified atom stereocenters. The molecule has 0 saturated heterocycles. The van der Waals surface area contributed by atoms with Crippen LogP contribution in [0.1, 0.15) is 31.5 Å². The first kappa shape index (κ1) is 25.6. The Morgan fingerprint density at radius 2 is 1.79 bits per heavy atom. The number of methoxy groups -OCH3 is 1. The number of ether oxygens (including phenoxy) is 1. The molecule has 0 aliphatic rings. The van der Waals surface area contributed by atoms with Gasteiger partial charge in [-0.2, -0.15) is 13.2 Å². The average molecular weight is 495 g/mol. The van der Waals surface area contributed by atoms with Gasteiger partial charge < -0.3 is 14.8 Å². The zero-order chi connectivity index (χ0) is 25.5. The van der Waals surface area contributed by atoms with Crippen molar-refractivity contribution in [2.45, 2.75) is 48.8 Å².